The van der Waals surface area contributed by atoms with E-state index in [0.717, 1.165) is 17.0 Å². The topological polar surface area (TPSA) is 68.2 Å². The van der Waals surface area contributed by atoms with E-state index in [4.69, 9.17) is 21.1 Å². The van der Waals surface area contributed by atoms with Crippen LogP contribution in [0, 0.1) is 35.5 Å². The number of imide groups is 1. The number of hydrogen-bond donors (Lipinski definition) is 0. The van der Waals surface area contributed by atoms with Crippen LogP contribution in [0.25, 0.3) is 0 Å². The summed E-state index contributed by atoms with van der Waals surface area (Å²) in [5, 5.41) is 6.10. The first-order valence-electron chi connectivity index (χ1n) is 11.9. The maximum atomic E-state index is 13.2. The molecule has 0 spiro atoms. The number of halogens is 2. The number of nitrogens with zero attached hydrogens (tertiary/aromatic N) is 2. The second-order valence-electron chi connectivity index (χ2n) is 9.57. The van der Waals surface area contributed by atoms with Crippen LogP contribution in [0.15, 0.2) is 58.1 Å². The lowest BCUT2D eigenvalue weighted by Crippen LogP contribution is -2.40. The lowest BCUT2D eigenvalue weighted by molar-refractivity contribution is -0.140. The molecule has 2 saturated carbocycles. The fourth-order valence-corrected chi connectivity index (χ4v) is 6.68. The van der Waals surface area contributed by atoms with Gasteiger partial charge in [-0.25, -0.2) is 0 Å². The summed E-state index contributed by atoms with van der Waals surface area (Å²) < 4.78 is 12.5. The number of benzene rings is 2. The number of hydrazone groups is 1. The summed E-state index contributed by atoms with van der Waals surface area (Å²) >= 11 is 9.54. The van der Waals surface area contributed by atoms with Crippen molar-refractivity contribution < 1.29 is 19.1 Å². The van der Waals surface area contributed by atoms with Crippen LogP contribution >= 0.6 is 27.5 Å². The van der Waals surface area contributed by atoms with Crippen molar-refractivity contribution in [3.8, 4) is 11.5 Å². The fraction of sp³-hybridized carbons (Fsp3) is 0.370. The van der Waals surface area contributed by atoms with E-state index in [9.17, 15) is 9.59 Å². The van der Waals surface area contributed by atoms with Gasteiger partial charge < -0.3 is 9.47 Å². The van der Waals surface area contributed by atoms with Gasteiger partial charge in [0.15, 0.2) is 11.5 Å². The molecule has 6 nitrogen and oxygen atoms in total. The van der Waals surface area contributed by atoms with Crippen LogP contribution in [-0.2, 0) is 16.2 Å². The SMILES string of the molecule is CCOc1cc(C=NN2C(=O)[C@@H]3[C@H]4C=C[C@@H]([C@@H]5C[C@H]45)[C@H]3C2=O)cc(Br)c1OCc1ccc(Cl)cc1. The average Bonchev–Trinajstić information content (AvgIpc) is 3.63. The van der Waals surface area contributed by atoms with E-state index in [1.54, 1.807) is 12.3 Å². The average molecular weight is 556 g/mol. The van der Waals surface area contributed by atoms with E-state index >= 15 is 0 Å². The number of carbonyl (C=O) groups is 2. The molecule has 6 atom stereocenters. The van der Waals surface area contributed by atoms with Crippen molar-refractivity contribution in [1.29, 1.82) is 0 Å². The van der Waals surface area contributed by atoms with Crippen LogP contribution in [0.2, 0.25) is 5.02 Å². The lowest BCUT2D eigenvalue weighted by Gasteiger charge is -2.37. The third kappa shape index (κ3) is 3.89. The molecule has 1 heterocycles. The summed E-state index contributed by atoms with van der Waals surface area (Å²) in [5.41, 5.74) is 1.67. The van der Waals surface area contributed by atoms with E-state index in [1.165, 1.54) is 0 Å². The maximum absolute atomic E-state index is 13.2. The quantitative estimate of drug-likeness (QED) is 0.258. The third-order valence-electron chi connectivity index (χ3n) is 7.59. The Balaban J connectivity index is 1.21. The highest BCUT2D eigenvalue weighted by atomic mass is 79.9. The second kappa shape index (κ2) is 8.79. The van der Waals surface area contributed by atoms with Gasteiger partial charge in [-0.2, -0.15) is 10.1 Å². The molecular formula is C27H24BrClN2O4. The van der Waals surface area contributed by atoms with Crippen molar-refractivity contribution >= 4 is 45.6 Å². The first-order valence-corrected chi connectivity index (χ1v) is 13.1. The molecule has 8 heteroatoms. The largest absolute Gasteiger partial charge is 0.490 e. The molecule has 1 aliphatic heterocycles. The first-order chi connectivity index (χ1) is 17.0. The molecular weight excluding hydrogens is 532 g/mol. The van der Waals surface area contributed by atoms with Crippen molar-refractivity contribution in [2.75, 3.05) is 6.61 Å². The number of carbonyl (C=O) groups excluding carboxylic acids is 2. The van der Waals surface area contributed by atoms with Gasteiger partial charge in [0.1, 0.15) is 6.61 Å². The number of hydrogen-bond acceptors (Lipinski definition) is 5. The van der Waals surface area contributed by atoms with Crippen LogP contribution in [-0.4, -0.2) is 29.6 Å². The summed E-state index contributed by atoms with van der Waals surface area (Å²) in [4.78, 5) is 26.3. The molecule has 0 N–H and O–H groups in total. The van der Waals surface area contributed by atoms with Gasteiger partial charge in [0.2, 0.25) is 0 Å². The summed E-state index contributed by atoms with van der Waals surface area (Å²) in [6, 6.07) is 11.1. The predicted octanol–water partition coefficient (Wildman–Crippen LogP) is 5.47. The Bertz CT molecular complexity index is 1220. The lowest BCUT2D eigenvalue weighted by atomic mass is 9.63. The zero-order chi connectivity index (χ0) is 24.3. The molecule has 1 saturated heterocycles. The number of amides is 2. The van der Waals surface area contributed by atoms with E-state index in [1.807, 2.05) is 37.3 Å². The Labute approximate surface area is 217 Å². The molecule has 2 aromatic rings. The van der Waals surface area contributed by atoms with Crippen LogP contribution in [0.4, 0.5) is 0 Å². The van der Waals surface area contributed by atoms with Crippen molar-refractivity contribution in [3.63, 3.8) is 0 Å². The Hall–Kier alpha value is -2.64. The zero-order valence-corrected chi connectivity index (χ0v) is 21.4. The molecule has 180 valence electrons. The summed E-state index contributed by atoms with van der Waals surface area (Å²) in [6.07, 6.45) is 7.00. The van der Waals surface area contributed by atoms with E-state index in [2.05, 4.69) is 33.2 Å². The predicted molar refractivity (Wildman–Crippen MR) is 135 cm³/mol. The Morgan fingerprint density at radius 1 is 1.06 bits per heavy atom. The molecule has 35 heavy (non-hydrogen) atoms. The van der Waals surface area contributed by atoms with Gasteiger partial charge in [-0.1, -0.05) is 35.9 Å². The number of ether oxygens (including phenoxy) is 2. The third-order valence-corrected chi connectivity index (χ3v) is 8.43. The van der Waals surface area contributed by atoms with Crippen molar-refractivity contribution in [2.45, 2.75) is 20.0 Å². The maximum Gasteiger partial charge on any atom is 0.254 e. The molecule has 2 amide bonds. The van der Waals surface area contributed by atoms with Gasteiger partial charge >= 0.3 is 0 Å². The van der Waals surface area contributed by atoms with Crippen LogP contribution in [0.5, 0.6) is 11.5 Å². The summed E-state index contributed by atoms with van der Waals surface area (Å²) in [5.74, 6) is 1.76. The number of rotatable bonds is 7. The first kappa shape index (κ1) is 22.8. The van der Waals surface area contributed by atoms with Gasteiger partial charge in [0.25, 0.3) is 11.8 Å². The van der Waals surface area contributed by atoms with E-state index in [0.29, 0.717) is 51.6 Å². The smallest absolute Gasteiger partial charge is 0.254 e. The normalized spacial score (nSPS) is 30.1. The molecule has 2 aromatic carbocycles. The Morgan fingerprint density at radius 2 is 1.71 bits per heavy atom. The summed E-state index contributed by atoms with van der Waals surface area (Å²) in [7, 11) is 0. The second-order valence-corrected chi connectivity index (χ2v) is 10.9. The molecule has 2 bridgehead atoms. The van der Waals surface area contributed by atoms with Crippen LogP contribution < -0.4 is 9.47 Å². The van der Waals surface area contributed by atoms with Gasteiger partial charge in [0, 0.05) is 5.02 Å². The molecule has 0 aromatic heterocycles. The molecule has 0 unspecified atom stereocenters. The minimum absolute atomic E-state index is 0.173. The van der Waals surface area contributed by atoms with Gasteiger partial charge in [0.05, 0.1) is 29.1 Å². The zero-order valence-electron chi connectivity index (χ0n) is 19.1. The fourth-order valence-electron chi connectivity index (χ4n) is 5.98. The monoisotopic (exact) mass is 554 g/mol. The summed E-state index contributed by atoms with van der Waals surface area (Å²) in [6.45, 7) is 2.70. The molecule has 3 fully saturated rings. The minimum Gasteiger partial charge on any atom is -0.490 e. The Morgan fingerprint density at radius 3 is 2.34 bits per heavy atom. The van der Waals surface area contributed by atoms with Crippen molar-refractivity contribution in [1.82, 2.24) is 5.01 Å². The highest BCUT2D eigenvalue weighted by molar-refractivity contribution is 9.10. The highest BCUT2D eigenvalue weighted by Crippen LogP contribution is 2.65. The van der Waals surface area contributed by atoms with Gasteiger partial charge in [-0.05, 0) is 88.3 Å². The minimum atomic E-state index is -0.257. The Kier molecular flexibility index (Phi) is 5.72. The van der Waals surface area contributed by atoms with Crippen molar-refractivity contribution in [3.05, 3.63) is 69.2 Å². The van der Waals surface area contributed by atoms with E-state index in [-0.39, 0.29) is 35.5 Å². The van der Waals surface area contributed by atoms with Gasteiger partial charge in [-0.3, -0.25) is 9.59 Å². The number of allylic oxidation sites excluding steroid dienone is 2. The molecule has 0 radical (unpaired) electrons. The molecule has 7 rings (SSSR count). The molecule has 4 aliphatic carbocycles. The van der Waals surface area contributed by atoms with Gasteiger partial charge in [-0.15, -0.1) is 0 Å². The van der Waals surface area contributed by atoms with Crippen molar-refractivity contribution in [2.24, 2.45) is 40.6 Å². The highest BCUT2D eigenvalue weighted by Gasteiger charge is 2.67. The van der Waals surface area contributed by atoms with E-state index < -0.39 is 0 Å². The standard InChI is InChI=1S/C27H24BrClN2O4/c1-2-34-22-10-15(9-21(28)25(22)35-13-14-3-5-16(29)6-4-14)12-30-31-26(32)23-17-7-8-18(20-11-19(17)20)24(23)27(31)33/h3-10,12,17-20,23-24H,2,11,13H2,1H3/t17-,18-,19-,20+,23+,24+/m0/s1. The van der Waals surface area contributed by atoms with Crippen LogP contribution in [0.3, 0.4) is 0 Å². The van der Waals surface area contributed by atoms with Crippen LogP contribution in [0.1, 0.15) is 24.5 Å². The molecule has 5 aliphatic rings.